The smallest absolute Gasteiger partial charge is 0.131 e. The van der Waals surface area contributed by atoms with Crippen LogP contribution in [0.25, 0.3) is 27.6 Å². The minimum absolute atomic E-state index is 0.0684. The van der Waals surface area contributed by atoms with E-state index in [0.717, 1.165) is 44.9 Å². The van der Waals surface area contributed by atoms with Gasteiger partial charge < -0.3 is 10.7 Å². The van der Waals surface area contributed by atoms with E-state index in [1.165, 1.54) is 10.8 Å². The first-order chi connectivity index (χ1) is 19.2. The zero-order valence-electron chi connectivity index (χ0n) is 21.8. The van der Waals surface area contributed by atoms with Crippen LogP contribution in [0.2, 0.25) is 0 Å². The Morgan fingerprint density at radius 2 is 1.44 bits per heavy atom. The topological polar surface area (TPSA) is 74.5 Å². The molecule has 0 aromatic heterocycles. The fourth-order valence-electron chi connectivity index (χ4n) is 5.25. The van der Waals surface area contributed by atoms with Crippen LogP contribution in [0.4, 0.5) is 0 Å². The van der Waals surface area contributed by atoms with E-state index in [1.54, 1.807) is 0 Å². The quantitative estimate of drug-likeness (QED) is 0.152. The molecule has 6 rings (SSSR count). The Labute approximate surface area is 229 Å². The maximum absolute atomic E-state index is 5.90. The molecule has 5 heteroatoms. The third-order valence-electron chi connectivity index (χ3n) is 7.22. The van der Waals surface area contributed by atoms with Crippen LogP contribution in [-0.4, -0.2) is 5.84 Å². The number of hydrogen-bond donors (Lipinski definition) is 4. The molecule has 5 aromatic rings. The fourth-order valence-corrected chi connectivity index (χ4v) is 5.25. The molecule has 0 saturated carbocycles. The van der Waals surface area contributed by atoms with E-state index < -0.39 is 0 Å². The van der Waals surface area contributed by atoms with Crippen molar-refractivity contribution < 1.29 is 0 Å². The van der Waals surface area contributed by atoms with E-state index in [2.05, 4.69) is 113 Å². The molecule has 0 amide bonds. The molecule has 5 N–H and O–H groups in total. The first-order valence-corrected chi connectivity index (χ1v) is 13.2. The van der Waals surface area contributed by atoms with Gasteiger partial charge >= 0.3 is 0 Å². The van der Waals surface area contributed by atoms with E-state index in [4.69, 9.17) is 10.8 Å². The Morgan fingerprint density at radius 1 is 0.744 bits per heavy atom. The lowest BCUT2D eigenvalue weighted by Gasteiger charge is -2.32. The average Bonchev–Trinajstić information content (AvgIpc) is 3.02. The predicted octanol–water partition coefficient (Wildman–Crippen LogP) is 6.67. The Morgan fingerprint density at radius 3 is 2.15 bits per heavy atom. The minimum Gasteiger partial charge on any atom is -0.350 e. The number of benzene rings is 5. The highest BCUT2D eigenvalue weighted by atomic mass is 15.3. The number of amidine groups is 1. The number of rotatable bonds is 6. The van der Waals surface area contributed by atoms with Crippen molar-refractivity contribution in [2.75, 3.05) is 0 Å². The molecule has 0 bridgehead atoms. The van der Waals surface area contributed by atoms with E-state index in [0.29, 0.717) is 0 Å². The van der Waals surface area contributed by atoms with Crippen LogP contribution in [-0.2, 0) is 0 Å². The standard InChI is InChI=1S/C34H31N5/c1-2-30(39-35)29-22-21-23-11-9-10-16-28(23)31(29)24-17-19-27(20-18-24)34-37-32(25-12-5-3-6-13-25)36-33(38-34)26-14-7-4-8-15-26/h2-22,32,34,37,39H,35H2,1H3,(H,36,38)/b30-2-. The first-order valence-electron chi connectivity index (χ1n) is 13.2. The van der Waals surface area contributed by atoms with Gasteiger partial charge in [-0.1, -0.05) is 127 Å². The van der Waals surface area contributed by atoms with Crippen LogP contribution in [0.15, 0.2) is 132 Å². The molecule has 0 spiro atoms. The van der Waals surface area contributed by atoms with Gasteiger partial charge in [-0.2, -0.15) is 0 Å². The van der Waals surface area contributed by atoms with Crippen LogP contribution in [0.1, 0.15) is 41.5 Å². The van der Waals surface area contributed by atoms with Gasteiger partial charge in [0.05, 0.1) is 5.70 Å². The molecule has 0 fully saturated rings. The highest BCUT2D eigenvalue weighted by Crippen LogP contribution is 2.36. The van der Waals surface area contributed by atoms with Crippen LogP contribution in [0.5, 0.6) is 0 Å². The summed E-state index contributed by atoms with van der Waals surface area (Å²) in [4.78, 5) is 5.08. The number of fused-ring (bicyclic) bond motifs is 1. The highest BCUT2D eigenvalue weighted by molar-refractivity contribution is 6.02. The molecule has 0 radical (unpaired) electrons. The third-order valence-corrected chi connectivity index (χ3v) is 7.22. The summed E-state index contributed by atoms with van der Waals surface area (Å²) in [5.41, 5.74) is 10.4. The van der Waals surface area contributed by atoms with Crippen LogP contribution < -0.4 is 21.9 Å². The van der Waals surface area contributed by atoms with Gasteiger partial charge in [0.25, 0.3) is 0 Å². The van der Waals surface area contributed by atoms with E-state index >= 15 is 0 Å². The lowest BCUT2D eigenvalue weighted by Crippen LogP contribution is -2.44. The molecule has 5 aromatic carbocycles. The molecule has 2 atom stereocenters. The monoisotopic (exact) mass is 509 g/mol. The van der Waals surface area contributed by atoms with E-state index in [9.17, 15) is 0 Å². The molecule has 0 saturated heterocycles. The van der Waals surface area contributed by atoms with E-state index in [-0.39, 0.29) is 12.3 Å². The summed E-state index contributed by atoms with van der Waals surface area (Å²) < 4.78 is 0. The maximum atomic E-state index is 5.90. The summed E-state index contributed by atoms with van der Waals surface area (Å²) in [7, 11) is 0. The van der Waals surface area contributed by atoms with Gasteiger partial charge in [0.2, 0.25) is 0 Å². The van der Waals surface area contributed by atoms with E-state index in [1.807, 2.05) is 37.3 Å². The number of allylic oxidation sites excluding steroid dienone is 1. The normalized spacial score (nSPS) is 17.4. The Bertz CT molecular complexity index is 1640. The minimum atomic E-state index is -0.204. The van der Waals surface area contributed by atoms with Crippen molar-refractivity contribution in [1.29, 1.82) is 0 Å². The van der Waals surface area contributed by atoms with Crippen molar-refractivity contribution in [3.05, 3.63) is 150 Å². The van der Waals surface area contributed by atoms with Gasteiger partial charge in [-0.25, -0.2) is 4.99 Å². The highest BCUT2D eigenvalue weighted by Gasteiger charge is 2.25. The molecular weight excluding hydrogens is 478 g/mol. The molecule has 192 valence electrons. The Hall–Kier alpha value is -4.71. The molecule has 39 heavy (non-hydrogen) atoms. The van der Waals surface area contributed by atoms with Gasteiger partial charge in [-0.15, -0.1) is 0 Å². The van der Waals surface area contributed by atoms with Crippen molar-refractivity contribution in [3.8, 4) is 11.1 Å². The van der Waals surface area contributed by atoms with Crippen molar-refractivity contribution in [1.82, 2.24) is 16.1 Å². The maximum Gasteiger partial charge on any atom is 0.131 e. The molecule has 5 nitrogen and oxygen atoms in total. The summed E-state index contributed by atoms with van der Waals surface area (Å²) in [5.74, 6) is 6.78. The van der Waals surface area contributed by atoms with Crippen LogP contribution in [0, 0.1) is 0 Å². The van der Waals surface area contributed by atoms with Crippen molar-refractivity contribution in [2.24, 2.45) is 10.8 Å². The zero-order valence-corrected chi connectivity index (χ0v) is 21.8. The lowest BCUT2D eigenvalue weighted by atomic mass is 9.91. The van der Waals surface area contributed by atoms with Gasteiger partial charge in [0.1, 0.15) is 18.2 Å². The number of hydrogen-bond acceptors (Lipinski definition) is 5. The summed E-state index contributed by atoms with van der Waals surface area (Å²) in [6, 6.07) is 42.2. The number of nitrogens with zero attached hydrogens (tertiary/aromatic N) is 1. The van der Waals surface area contributed by atoms with Gasteiger partial charge in [0.15, 0.2) is 0 Å². The fraction of sp³-hybridized carbons (Fsp3) is 0.0882. The van der Waals surface area contributed by atoms with Crippen LogP contribution in [0.3, 0.4) is 0 Å². The van der Waals surface area contributed by atoms with Gasteiger partial charge in [-0.05, 0) is 39.9 Å². The number of hydrazine groups is 1. The molecule has 1 aliphatic heterocycles. The van der Waals surface area contributed by atoms with Crippen molar-refractivity contribution in [2.45, 2.75) is 19.3 Å². The van der Waals surface area contributed by atoms with Gasteiger partial charge in [0, 0.05) is 11.1 Å². The molecule has 2 unspecified atom stereocenters. The number of nitrogens with one attached hydrogen (secondary N) is 3. The Kier molecular flexibility index (Phi) is 6.91. The molecule has 0 aliphatic carbocycles. The summed E-state index contributed by atoms with van der Waals surface area (Å²) >= 11 is 0. The Balaban J connectivity index is 1.41. The molecule has 1 aliphatic rings. The molecular formula is C34H31N5. The van der Waals surface area contributed by atoms with Gasteiger partial charge in [-0.3, -0.25) is 11.2 Å². The van der Waals surface area contributed by atoms with Crippen molar-refractivity contribution >= 4 is 22.3 Å². The number of nitrogens with two attached hydrogens (primary N) is 1. The summed E-state index contributed by atoms with van der Waals surface area (Å²) in [6.07, 6.45) is 1.73. The average molecular weight is 510 g/mol. The predicted molar refractivity (Wildman–Crippen MR) is 162 cm³/mol. The largest absolute Gasteiger partial charge is 0.350 e. The number of aliphatic imine (C=N–C) groups is 1. The second-order valence-corrected chi connectivity index (χ2v) is 9.58. The summed E-state index contributed by atoms with van der Waals surface area (Å²) in [6.45, 7) is 1.99. The SMILES string of the molecule is C/C=C(\NN)c1ccc2ccccc2c1-c1ccc(C2N=C(c3ccccc3)NC(c3ccccc3)N2)cc1. The van der Waals surface area contributed by atoms with Crippen molar-refractivity contribution in [3.63, 3.8) is 0 Å². The van der Waals surface area contributed by atoms with Crippen LogP contribution >= 0.6 is 0 Å². The second kappa shape index (κ2) is 11.0. The molecule has 1 heterocycles. The third kappa shape index (κ3) is 4.93. The zero-order chi connectivity index (χ0) is 26.6. The lowest BCUT2D eigenvalue weighted by molar-refractivity contribution is 0.409. The summed E-state index contributed by atoms with van der Waals surface area (Å²) in [5, 5.41) is 9.65. The second-order valence-electron chi connectivity index (χ2n) is 9.58. The first kappa shape index (κ1) is 24.6.